The van der Waals surface area contributed by atoms with E-state index in [1.165, 1.54) is 0 Å². The Kier molecular flexibility index (Phi) is 4.15. The van der Waals surface area contributed by atoms with Crippen LogP contribution in [-0.2, 0) is 0 Å². The number of nitrogen functional groups attached to an aromatic ring is 1. The van der Waals surface area contributed by atoms with Gasteiger partial charge in [-0.2, -0.15) is 0 Å². The van der Waals surface area contributed by atoms with Crippen LogP contribution < -0.4 is 5.73 Å². The van der Waals surface area contributed by atoms with Gasteiger partial charge >= 0.3 is 0 Å². The molecule has 1 aliphatic carbocycles. The first-order chi connectivity index (χ1) is 8.46. The summed E-state index contributed by atoms with van der Waals surface area (Å²) in [7, 11) is 0. The smallest absolute Gasteiger partial charge is 0.248 e. The molecule has 0 heterocycles. The number of benzene rings is 1. The van der Waals surface area contributed by atoms with Crippen molar-refractivity contribution in [3.05, 3.63) is 23.8 Å². The molecule has 4 heteroatoms. The van der Waals surface area contributed by atoms with Crippen LogP contribution >= 0.6 is 11.8 Å². The molecule has 1 fully saturated rings. The summed E-state index contributed by atoms with van der Waals surface area (Å²) in [4.78, 5) is 1.15. The van der Waals surface area contributed by atoms with Crippen LogP contribution in [0.4, 0.5) is 14.5 Å². The van der Waals surface area contributed by atoms with E-state index < -0.39 is 5.92 Å². The minimum absolute atomic E-state index is 0.0496. The zero-order chi connectivity index (χ0) is 13.2. The summed E-state index contributed by atoms with van der Waals surface area (Å²) in [6, 6.07) is 5.78. The lowest BCUT2D eigenvalue weighted by Crippen LogP contribution is -2.27. The molecule has 0 bridgehead atoms. The van der Waals surface area contributed by atoms with Gasteiger partial charge in [0.25, 0.3) is 0 Å². The normalized spacial score (nSPS) is 22.9. The van der Waals surface area contributed by atoms with Crippen molar-refractivity contribution in [2.45, 2.75) is 43.4 Å². The number of halogens is 2. The zero-order valence-electron chi connectivity index (χ0n) is 10.6. The van der Waals surface area contributed by atoms with Gasteiger partial charge in [-0.25, -0.2) is 8.78 Å². The molecule has 1 unspecified atom stereocenters. The lowest BCUT2D eigenvalue weighted by Gasteiger charge is -2.28. The van der Waals surface area contributed by atoms with E-state index in [4.69, 9.17) is 5.73 Å². The van der Waals surface area contributed by atoms with Crippen molar-refractivity contribution in [3.63, 3.8) is 0 Å². The first-order valence-corrected chi connectivity index (χ1v) is 7.31. The van der Waals surface area contributed by atoms with E-state index in [0.29, 0.717) is 6.42 Å². The summed E-state index contributed by atoms with van der Waals surface area (Å²) in [5, 5.41) is 0. The molecule has 0 radical (unpaired) electrons. The van der Waals surface area contributed by atoms with Gasteiger partial charge < -0.3 is 5.73 Å². The summed E-state index contributed by atoms with van der Waals surface area (Å²) >= 11 is 1.67. The number of hydrogen-bond acceptors (Lipinski definition) is 2. The van der Waals surface area contributed by atoms with E-state index in [-0.39, 0.29) is 18.8 Å². The summed E-state index contributed by atoms with van der Waals surface area (Å²) in [6.07, 6.45) is 1.69. The maximum Gasteiger partial charge on any atom is 0.248 e. The van der Waals surface area contributed by atoms with Gasteiger partial charge in [-0.15, -0.1) is 11.8 Å². The van der Waals surface area contributed by atoms with Crippen LogP contribution in [0.25, 0.3) is 0 Å². The summed E-state index contributed by atoms with van der Waals surface area (Å²) < 4.78 is 26.6. The number of alkyl halides is 2. The molecule has 0 spiro atoms. The zero-order valence-corrected chi connectivity index (χ0v) is 11.4. The monoisotopic (exact) mass is 271 g/mol. The molecule has 0 aliphatic heterocycles. The third-order valence-corrected chi connectivity index (χ3v) is 4.82. The summed E-state index contributed by atoms with van der Waals surface area (Å²) in [5.74, 6) is -1.53. The summed E-state index contributed by atoms with van der Waals surface area (Å²) in [6.45, 7) is 2.01. The van der Waals surface area contributed by atoms with Crippen LogP contribution in [0.5, 0.6) is 0 Å². The molecule has 1 nitrogen and oxygen atoms in total. The van der Waals surface area contributed by atoms with E-state index in [2.05, 4.69) is 0 Å². The van der Waals surface area contributed by atoms with E-state index >= 15 is 0 Å². The fraction of sp³-hybridized carbons (Fsp3) is 0.571. The van der Waals surface area contributed by atoms with Crippen LogP contribution in [0.15, 0.2) is 23.1 Å². The molecule has 2 rings (SSSR count). The molecule has 0 aromatic heterocycles. The lowest BCUT2D eigenvalue weighted by molar-refractivity contribution is -0.0487. The van der Waals surface area contributed by atoms with Gasteiger partial charge in [0, 0.05) is 29.2 Å². The molecule has 1 saturated carbocycles. The van der Waals surface area contributed by atoms with Gasteiger partial charge in [0.15, 0.2) is 0 Å². The Morgan fingerprint density at radius 3 is 2.89 bits per heavy atom. The lowest BCUT2D eigenvalue weighted by atomic mass is 9.88. The largest absolute Gasteiger partial charge is 0.399 e. The fourth-order valence-electron chi connectivity index (χ4n) is 2.46. The third kappa shape index (κ3) is 3.61. The first kappa shape index (κ1) is 13.7. The molecule has 1 atom stereocenters. The first-order valence-electron chi connectivity index (χ1n) is 6.33. The van der Waals surface area contributed by atoms with Crippen molar-refractivity contribution in [2.24, 2.45) is 5.92 Å². The number of anilines is 1. The molecular formula is C14H19F2NS. The highest BCUT2D eigenvalue weighted by molar-refractivity contribution is 7.99. The third-order valence-electron chi connectivity index (χ3n) is 3.42. The van der Waals surface area contributed by atoms with Gasteiger partial charge in [0.2, 0.25) is 5.92 Å². The standard InChI is InChI=1S/C14H19F2NS/c1-10-7-12(17)4-5-13(10)18-9-11-3-2-6-14(15,16)8-11/h4-5,7,11H,2-3,6,8-9,17H2,1H3. The molecule has 0 saturated heterocycles. The fourth-order valence-corrected chi connectivity index (χ4v) is 3.61. The number of thioether (sulfide) groups is 1. The number of nitrogens with two attached hydrogens (primary N) is 1. The van der Waals surface area contributed by atoms with Crippen LogP contribution in [-0.4, -0.2) is 11.7 Å². The molecule has 1 aromatic rings. The van der Waals surface area contributed by atoms with Crippen molar-refractivity contribution in [1.82, 2.24) is 0 Å². The Morgan fingerprint density at radius 2 is 2.22 bits per heavy atom. The van der Waals surface area contributed by atoms with Gasteiger partial charge in [-0.05, 0) is 49.4 Å². The predicted molar refractivity (Wildman–Crippen MR) is 73.2 cm³/mol. The van der Waals surface area contributed by atoms with Crippen LogP contribution in [0.3, 0.4) is 0 Å². The highest BCUT2D eigenvalue weighted by Crippen LogP contribution is 2.39. The molecule has 18 heavy (non-hydrogen) atoms. The number of rotatable bonds is 3. The molecule has 2 N–H and O–H groups in total. The van der Waals surface area contributed by atoms with Crippen molar-refractivity contribution in [2.75, 3.05) is 11.5 Å². The van der Waals surface area contributed by atoms with Gasteiger partial charge in [-0.1, -0.05) is 0 Å². The Bertz CT molecular complexity index is 420. The molecule has 1 aromatic carbocycles. The van der Waals surface area contributed by atoms with E-state index in [1.54, 1.807) is 11.8 Å². The maximum atomic E-state index is 13.3. The highest BCUT2D eigenvalue weighted by Gasteiger charge is 2.35. The van der Waals surface area contributed by atoms with Crippen molar-refractivity contribution in [3.8, 4) is 0 Å². The van der Waals surface area contributed by atoms with Crippen molar-refractivity contribution >= 4 is 17.4 Å². The Labute approximate surface area is 111 Å². The average molecular weight is 271 g/mol. The quantitative estimate of drug-likeness (QED) is 0.647. The predicted octanol–water partition coefficient (Wildman–Crippen LogP) is 4.49. The van der Waals surface area contributed by atoms with Crippen LogP contribution in [0.2, 0.25) is 0 Å². The maximum absolute atomic E-state index is 13.3. The van der Waals surface area contributed by atoms with Gasteiger partial charge in [0.05, 0.1) is 0 Å². The Hall–Kier alpha value is -0.770. The number of hydrogen-bond donors (Lipinski definition) is 1. The second-order valence-electron chi connectivity index (χ2n) is 5.15. The van der Waals surface area contributed by atoms with Crippen molar-refractivity contribution < 1.29 is 8.78 Å². The molecule has 0 amide bonds. The average Bonchev–Trinajstić information content (AvgIpc) is 2.26. The molecule has 100 valence electrons. The van der Waals surface area contributed by atoms with E-state index in [1.807, 2.05) is 25.1 Å². The molecule has 1 aliphatic rings. The van der Waals surface area contributed by atoms with Crippen LogP contribution in [0.1, 0.15) is 31.2 Å². The molecular weight excluding hydrogens is 252 g/mol. The second-order valence-corrected chi connectivity index (χ2v) is 6.22. The minimum Gasteiger partial charge on any atom is -0.399 e. The highest BCUT2D eigenvalue weighted by atomic mass is 32.2. The van der Waals surface area contributed by atoms with E-state index in [0.717, 1.165) is 28.3 Å². The van der Waals surface area contributed by atoms with Crippen LogP contribution in [0, 0.1) is 12.8 Å². The minimum atomic E-state index is -2.44. The second kappa shape index (κ2) is 5.47. The Morgan fingerprint density at radius 1 is 1.44 bits per heavy atom. The van der Waals surface area contributed by atoms with Crippen molar-refractivity contribution in [1.29, 1.82) is 0 Å². The number of aryl methyl sites for hydroxylation is 1. The van der Waals surface area contributed by atoms with Gasteiger partial charge in [-0.3, -0.25) is 0 Å². The topological polar surface area (TPSA) is 26.0 Å². The summed E-state index contributed by atoms with van der Waals surface area (Å²) in [5.41, 5.74) is 7.57. The van der Waals surface area contributed by atoms with E-state index in [9.17, 15) is 8.78 Å². The Balaban J connectivity index is 1.91. The SMILES string of the molecule is Cc1cc(N)ccc1SCC1CCCC(F)(F)C1. The van der Waals surface area contributed by atoms with Gasteiger partial charge in [0.1, 0.15) is 0 Å².